The molecule has 0 aliphatic rings. The van der Waals surface area contributed by atoms with E-state index in [1.54, 1.807) is 7.11 Å². The Morgan fingerprint density at radius 1 is 0.323 bits per heavy atom. The highest BCUT2D eigenvalue weighted by atomic mass is 16.6. The van der Waals surface area contributed by atoms with Gasteiger partial charge in [-0.3, -0.25) is 28.8 Å². The molecule has 9 nitrogen and oxygen atoms in total. The van der Waals surface area contributed by atoms with E-state index in [0.717, 1.165) is 79.5 Å². The molecule has 0 amide bonds. The summed E-state index contributed by atoms with van der Waals surface area (Å²) in [5, 5.41) is 0. The number of nitrogens with zero attached hydrogens (tertiary/aromatic N) is 1. The van der Waals surface area contributed by atoms with Crippen molar-refractivity contribution in [3.63, 3.8) is 0 Å². The molecular weight excluding hydrogens is 1150 g/mol. The topological polar surface area (TPSA) is 124 Å². The number of anilines is 1. The van der Waals surface area contributed by atoms with Gasteiger partial charge in [-0.15, -0.1) is 0 Å². The molecule has 0 bridgehead atoms. The molecule has 0 heterocycles. The maximum atomic E-state index is 12.0. The van der Waals surface area contributed by atoms with E-state index in [0.29, 0.717) is 50.1 Å². The maximum Gasteiger partial charge on any atom is 0.306 e. The molecule has 0 fully saturated rings. The Kier molecular flexibility index (Phi) is 58.4. The van der Waals surface area contributed by atoms with Crippen LogP contribution in [-0.2, 0) is 19.1 Å². The average molecular weight is 1310 g/mol. The second-order valence-electron chi connectivity index (χ2n) is 34.3. The van der Waals surface area contributed by atoms with Gasteiger partial charge in [-0.05, 0) is 151 Å². The van der Waals surface area contributed by atoms with Crippen LogP contribution in [0.3, 0.4) is 0 Å². The van der Waals surface area contributed by atoms with E-state index in [1.807, 2.05) is 119 Å². The minimum absolute atomic E-state index is 0. The summed E-state index contributed by atoms with van der Waals surface area (Å²) in [5.41, 5.74) is 4.93. The van der Waals surface area contributed by atoms with Gasteiger partial charge >= 0.3 is 5.97 Å². The van der Waals surface area contributed by atoms with Gasteiger partial charge in [0.05, 0.1) is 7.11 Å². The summed E-state index contributed by atoms with van der Waals surface area (Å²) in [5.74, 6) is 2.20. The molecule has 0 spiro atoms. The lowest BCUT2D eigenvalue weighted by Gasteiger charge is -2.22. The molecule has 548 valence electrons. The SMILES string of the molecule is C.C.C.C.C.C.C.CC(C)(C)CCC(=O)CC(C)(C)C.CC(C)(C)CCC(=O)CC(C)(C)C.CC(C)(C)CCC(=O)OC(C)(C)C.CC(C)(C)CCC(=O)c1ccccc1.CN(C)c1ccc(C(=O)CCC(C)(C)C)cc1.COc1ccc(C(=O)CCC(C)(C)C)cc1. The lowest BCUT2D eigenvalue weighted by atomic mass is 9.85. The summed E-state index contributed by atoms with van der Waals surface area (Å²) >= 11 is 0. The van der Waals surface area contributed by atoms with Crippen molar-refractivity contribution in [1.29, 1.82) is 0 Å². The standard InChI is InChI=1S/C15H23NO.C14H20O2.C13H18O.2C12H24O.C11H22O2.7CH4/c1-15(2,3)11-10-14(17)12-6-8-13(9-7-12)16(4)5;1-14(2,3)10-9-13(15)11-5-7-12(16-4)8-6-11;1-13(2,3)10-9-12(14)11-7-5-4-6-8-11;2*1-11(2,3)8-7-10(13)9-12(4,5)6;1-10(2,3)8-7-9(12)13-11(4,5)6;;;;;;;/h6-9H,10-11H2,1-5H3;5-8H,9-10H2,1-4H3;4-8H,9-10H2,1-3H3;2*7-9H2,1-6H3;7-8H2,1-6H3;7*1H4. The Morgan fingerprint density at radius 2 is 0.570 bits per heavy atom. The van der Waals surface area contributed by atoms with Crippen LogP contribution in [0.2, 0.25) is 0 Å². The third kappa shape index (κ3) is 74.3. The number of esters is 1. The summed E-state index contributed by atoms with van der Waals surface area (Å²) in [6.45, 7) is 57.2. The van der Waals surface area contributed by atoms with E-state index >= 15 is 0 Å². The highest BCUT2D eigenvalue weighted by molar-refractivity contribution is 5.97. The van der Waals surface area contributed by atoms with Crippen molar-refractivity contribution in [2.75, 3.05) is 26.1 Å². The highest BCUT2D eigenvalue weighted by Crippen LogP contribution is 2.29. The van der Waals surface area contributed by atoms with Gasteiger partial charge < -0.3 is 14.4 Å². The highest BCUT2D eigenvalue weighted by Gasteiger charge is 2.22. The van der Waals surface area contributed by atoms with Crippen LogP contribution in [0, 0.1) is 43.3 Å². The Bertz CT molecular complexity index is 2280. The number of Topliss-reactive ketones (excluding diaryl/α,β-unsaturated/α-hetero) is 5. The number of carbonyl (C=O) groups excluding carboxylic acids is 6. The number of methoxy groups -OCH3 is 1. The molecule has 0 atom stereocenters. The minimum Gasteiger partial charge on any atom is -0.497 e. The van der Waals surface area contributed by atoms with Crippen molar-refractivity contribution < 1.29 is 38.2 Å². The third-order valence-corrected chi connectivity index (χ3v) is 12.8. The van der Waals surface area contributed by atoms with Crippen molar-refractivity contribution in [1.82, 2.24) is 0 Å². The number of hydrogen-bond acceptors (Lipinski definition) is 9. The fourth-order valence-electron chi connectivity index (χ4n) is 7.50. The van der Waals surface area contributed by atoms with Crippen LogP contribution in [0.25, 0.3) is 0 Å². The van der Waals surface area contributed by atoms with E-state index in [1.165, 1.54) is 0 Å². The molecule has 0 aliphatic carbocycles. The Balaban J connectivity index is -0.000000110. The van der Waals surface area contributed by atoms with E-state index < -0.39 is 0 Å². The zero-order valence-corrected chi connectivity index (χ0v) is 61.1. The molecule has 0 radical (unpaired) electrons. The van der Waals surface area contributed by atoms with Gasteiger partial charge in [0.15, 0.2) is 17.3 Å². The molecule has 0 N–H and O–H groups in total. The van der Waals surface area contributed by atoms with Crippen LogP contribution in [0.4, 0.5) is 5.69 Å². The van der Waals surface area contributed by atoms with Crippen LogP contribution in [0.1, 0.15) is 360 Å². The van der Waals surface area contributed by atoms with Gasteiger partial charge in [0.1, 0.15) is 22.9 Å². The lowest BCUT2D eigenvalue weighted by molar-refractivity contribution is -0.155. The number of ether oxygens (including phenoxy) is 2. The predicted molar refractivity (Wildman–Crippen MR) is 416 cm³/mol. The van der Waals surface area contributed by atoms with Crippen molar-refractivity contribution >= 4 is 40.6 Å². The van der Waals surface area contributed by atoms with Gasteiger partial charge in [-0.2, -0.15) is 0 Å². The first kappa shape index (κ1) is 110. The normalized spacial score (nSPS) is 11.2. The van der Waals surface area contributed by atoms with Crippen molar-refractivity contribution in [3.05, 3.63) is 95.6 Å². The van der Waals surface area contributed by atoms with Crippen LogP contribution in [0.5, 0.6) is 5.75 Å². The summed E-state index contributed by atoms with van der Waals surface area (Å²) in [6.07, 6.45) is 11.0. The molecule has 0 aromatic heterocycles. The quantitative estimate of drug-likeness (QED) is 0.0852. The average Bonchev–Trinajstić information content (AvgIpc) is 1.28. The van der Waals surface area contributed by atoms with Crippen LogP contribution in [0.15, 0.2) is 78.9 Å². The molecule has 9 heteroatoms. The Hall–Kier alpha value is -4.92. The molecular formula is C84H159NO8. The zero-order valence-electron chi connectivity index (χ0n) is 61.1. The van der Waals surface area contributed by atoms with E-state index in [4.69, 9.17) is 9.47 Å². The van der Waals surface area contributed by atoms with Gasteiger partial charge in [-0.1, -0.05) is 248 Å². The van der Waals surface area contributed by atoms with Crippen molar-refractivity contribution in [3.8, 4) is 5.75 Å². The molecule has 3 aromatic carbocycles. The molecule has 0 saturated carbocycles. The summed E-state index contributed by atoms with van der Waals surface area (Å²) in [6, 6.07) is 24.6. The predicted octanol–water partition coefficient (Wildman–Crippen LogP) is 26.4. The second kappa shape index (κ2) is 49.6. The molecule has 0 aliphatic heterocycles. The van der Waals surface area contributed by atoms with Crippen molar-refractivity contribution in [2.24, 2.45) is 43.3 Å². The smallest absolute Gasteiger partial charge is 0.306 e. The molecule has 3 rings (SSSR count). The molecule has 0 unspecified atom stereocenters. The Labute approximate surface area is 581 Å². The fourth-order valence-corrected chi connectivity index (χ4v) is 7.50. The van der Waals surface area contributed by atoms with E-state index in [2.05, 4.69) is 166 Å². The van der Waals surface area contributed by atoms with Gasteiger partial charge in [0.2, 0.25) is 0 Å². The number of carbonyl (C=O) groups is 6. The van der Waals surface area contributed by atoms with Crippen LogP contribution < -0.4 is 9.64 Å². The van der Waals surface area contributed by atoms with Crippen LogP contribution in [-0.4, -0.2) is 61.7 Å². The monoisotopic (exact) mass is 1310 g/mol. The van der Waals surface area contributed by atoms with Gasteiger partial charge in [0, 0.05) is 87.8 Å². The molecule has 0 saturated heterocycles. The number of ketones is 5. The summed E-state index contributed by atoms with van der Waals surface area (Å²) < 4.78 is 10.2. The first-order valence-electron chi connectivity index (χ1n) is 31.8. The zero-order chi connectivity index (χ0) is 67.9. The van der Waals surface area contributed by atoms with E-state index in [-0.39, 0.29) is 124 Å². The maximum absolute atomic E-state index is 12.0. The number of benzene rings is 3. The fraction of sp³-hybridized carbons (Fsp3) is 0.714. The number of rotatable bonds is 19. The first-order valence-corrected chi connectivity index (χ1v) is 31.8. The van der Waals surface area contributed by atoms with Gasteiger partial charge in [0.25, 0.3) is 0 Å². The van der Waals surface area contributed by atoms with Crippen molar-refractivity contribution in [2.45, 2.75) is 334 Å². The summed E-state index contributed by atoms with van der Waals surface area (Å²) in [7, 11) is 5.61. The summed E-state index contributed by atoms with van der Waals surface area (Å²) in [4.78, 5) is 71.8. The van der Waals surface area contributed by atoms with E-state index in [9.17, 15) is 28.8 Å². The molecule has 3 aromatic rings. The minimum atomic E-state index is -0.352. The second-order valence-corrected chi connectivity index (χ2v) is 34.3. The van der Waals surface area contributed by atoms with Gasteiger partial charge in [-0.25, -0.2) is 0 Å². The van der Waals surface area contributed by atoms with Crippen LogP contribution >= 0.6 is 0 Å². The molecule has 93 heavy (non-hydrogen) atoms. The Morgan fingerprint density at radius 3 is 0.806 bits per heavy atom. The first-order chi connectivity index (χ1) is 38.5. The largest absolute Gasteiger partial charge is 0.497 e. The third-order valence-electron chi connectivity index (χ3n) is 12.8. The lowest BCUT2D eigenvalue weighted by Crippen LogP contribution is -2.24. The number of hydrogen-bond donors (Lipinski definition) is 0.